The SMILES string of the molecule is CC(=O)NCCN(C(=O)C(C)NC(N)=O)C(C)C(=O)O. The molecule has 0 radical (unpaired) electrons. The number of carbonyl (C=O) groups is 4. The lowest BCUT2D eigenvalue weighted by Crippen LogP contribution is -2.54. The molecule has 0 rings (SSSR count). The van der Waals surface area contributed by atoms with Crippen molar-refractivity contribution < 1.29 is 24.3 Å². The molecule has 0 spiro atoms. The first-order valence-corrected chi connectivity index (χ1v) is 6.00. The summed E-state index contributed by atoms with van der Waals surface area (Å²) in [6.45, 7) is 4.17. The van der Waals surface area contributed by atoms with Gasteiger partial charge in [-0.15, -0.1) is 0 Å². The van der Waals surface area contributed by atoms with Gasteiger partial charge in [0.1, 0.15) is 12.1 Å². The van der Waals surface area contributed by atoms with E-state index in [1.807, 2.05) is 0 Å². The van der Waals surface area contributed by atoms with Gasteiger partial charge in [-0.25, -0.2) is 9.59 Å². The van der Waals surface area contributed by atoms with E-state index in [1.165, 1.54) is 20.8 Å². The van der Waals surface area contributed by atoms with Crippen LogP contribution in [0.4, 0.5) is 4.79 Å². The Labute approximate surface area is 116 Å². The Bertz CT molecular complexity index is 398. The van der Waals surface area contributed by atoms with Crippen molar-refractivity contribution >= 4 is 23.8 Å². The second-order valence-electron chi connectivity index (χ2n) is 4.26. The molecule has 0 aliphatic carbocycles. The molecule has 5 N–H and O–H groups in total. The Balaban J connectivity index is 4.82. The largest absolute Gasteiger partial charge is 0.480 e. The van der Waals surface area contributed by atoms with Crippen LogP contribution >= 0.6 is 0 Å². The van der Waals surface area contributed by atoms with Crippen LogP contribution in [0.25, 0.3) is 0 Å². The maximum absolute atomic E-state index is 12.1. The van der Waals surface area contributed by atoms with E-state index < -0.39 is 30.0 Å². The molecule has 0 saturated heterocycles. The third-order valence-electron chi connectivity index (χ3n) is 2.56. The molecule has 0 aromatic heterocycles. The van der Waals surface area contributed by atoms with Gasteiger partial charge in [0.15, 0.2) is 0 Å². The van der Waals surface area contributed by atoms with E-state index in [0.717, 1.165) is 4.90 Å². The molecule has 114 valence electrons. The second kappa shape index (κ2) is 7.97. The number of rotatable bonds is 7. The average Bonchev–Trinajstić information content (AvgIpc) is 2.31. The standard InChI is InChI=1S/C11H20N4O5/c1-6(14-11(12)20)9(17)15(7(2)10(18)19)5-4-13-8(3)16/h6-7H,4-5H2,1-3H3,(H,13,16)(H,18,19)(H3,12,14,20). The summed E-state index contributed by atoms with van der Waals surface area (Å²) in [5.41, 5.74) is 4.91. The number of amides is 4. The number of carboxylic acid groups (broad SMARTS) is 1. The summed E-state index contributed by atoms with van der Waals surface area (Å²) in [5, 5.41) is 13.6. The van der Waals surface area contributed by atoms with Gasteiger partial charge in [-0.2, -0.15) is 0 Å². The van der Waals surface area contributed by atoms with Gasteiger partial charge in [-0.3, -0.25) is 9.59 Å². The van der Waals surface area contributed by atoms with Crippen LogP contribution in [0.3, 0.4) is 0 Å². The topological polar surface area (TPSA) is 142 Å². The second-order valence-corrected chi connectivity index (χ2v) is 4.26. The Kier molecular flexibility index (Phi) is 7.05. The fourth-order valence-corrected chi connectivity index (χ4v) is 1.50. The maximum Gasteiger partial charge on any atom is 0.326 e. The summed E-state index contributed by atoms with van der Waals surface area (Å²) in [4.78, 5) is 45.6. The predicted octanol–water partition coefficient (Wildman–Crippen LogP) is -1.52. The van der Waals surface area contributed by atoms with Gasteiger partial charge in [0.25, 0.3) is 0 Å². The number of carboxylic acids is 1. The number of hydrogen-bond donors (Lipinski definition) is 4. The van der Waals surface area contributed by atoms with Gasteiger partial charge in [0.2, 0.25) is 11.8 Å². The molecule has 0 aliphatic heterocycles. The number of aliphatic carboxylic acids is 1. The lowest BCUT2D eigenvalue weighted by molar-refractivity contribution is -0.150. The number of carbonyl (C=O) groups excluding carboxylic acids is 3. The van der Waals surface area contributed by atoms with E-state index >= 15 is 0 Å². The molecule has 0 aromatic rings. The van der Waals surface area contributed by atoms with Crippen LogP contribution in [0.5, 0.6) is 0 Å². The summed E-state index contributed by atoms with van der Waals surface area (Å²) < 4.78 is 0. The molecule has 0 heterocycles. The van der Waals surface area contributed by atoms with Crippen LogP contribution in [0.2, 0.25) is 0 Å². The molecule has 0 fully saturated rings. The molecule has 20 heavy (non-hydrogen) atoms. The van der Waals surface area contributed by atoms with E-state index in [1.54, 1.807) is 0 Å². The molecule has 2 atom stereocenters. The van der Waals surface area contributed by atoms with Crippen molar-refractivity contribution in [1.29, 1.82) is 0 Å². The van der Waals surface area contributed by atoms with Crippen molar-refractivity contribution in [3.05, 3.63) is 0 Å². The zero-order valence-corrected chi connectivity index (χ0v) is 11.7. The van der Waals surface area contributed by atoms with Crippen molar-refractivity contribution in [2.75, 3.05) is 13.1 Å². The van der Waals surface area contributed by atoms with Gasteiger partial charge < -0.3 is 26.4 Å². The molecule has 0 bridgehead atoms. The van der Waals surface area contributed by atoms with Crippen LogP contribution in [0.15, 0.2) is 0 Å². The van der Waals surface area contributed by atoms with Crippen molar-refractivity contribution in [3.8, 4) is 0 Å². The van der Waals surface area contributed by atoms with E-state index in [-0.39, 0.29) is 19.0 Å². The molecule has 9 nitrogen and oxygen atoms in total. The van der Waals surface area contributed by atoms with Crippen molar-refractivity contribution in [3.63, 3.8) is 0 Å². The lowest BCUT2D eigenvalue weighted by atomic mass is 10.2. The van der Waals surface area contributed by atoms with Gasteiger partial charge in [-0.05, 0) is 13.8 Å². The first kappa shape index (κ1) is 17.7. The fraction of sp³-hybridized carbons (Fsp3) is 0.636. The van der Waals surface area contributed by atoms with E-state index in [9.17, 15) is 19.2 Å². The van der Waals surface area contributed by atoms with Crippen LogP contribution < -0.4 is 16.4 Å². The number of urea groups is 1. The minimum Gasteiger partial charge on any atom is -0.480 e. The van der Waals surface area contributed by atoms with Gasteiger partial charge >= 0.3 is 12.0 Å². The highest BCUT2D eigenvalue weighted by atomic mass is 16.4. The number of primary amides is 1. The summed E-state index contributed by atoms with van der Waals surface area (Å²) >= 11 is 0. The summed E-state index contributed by atoms with van der Waals surface area (Å²) in [6, 6.07) is -2.92. The highest BCUT2D eigenvalue weighted by molar-refractivity contribution is 5.89. The van der Waals surface area contributed by atoms with Crippen LogP contribution in [0.1, 0.15) is 20.8 Å². The molecule has 0 aromatic carbocycles. The van der Waals surface area contributed by atoms with Crippen molar-refractivity contribution in [1.82, 2.24) is 15.5 Å². The molecular formula is C11H20N4O5. The molecule has 2 unspecified atom stereocenters. The van der Waals surface area contributed by atoms with Gasteiger partial charge in [-0.1, -0.05) is 0 Å². The molecule has 9 heteroatoms. The maximum atomic E-state index is 12.1. The van der Waals surface area contributed by atoms with Crippen molar-refractivity contribution in [2.24, 2.45) is 5.73 Å². The normalized spacial score (nSPS) is 12.9. The number of nitrogens with one attached hydrogen (secondary N) is 2. The first-order valence-electron chi connectivity index (χ1n) is 6.00. The highest BCUT2D eigenvalue weighted by Gasteiger charge is 2.29. The smallest absolute Gasteiger partial charge is 0.326 e. The average molecular weight is 288 g/mol. The highest BCUT2D eigenvalue weighted by Crippen LogP contribution is 2.03. The Hall–Kier alpha value is -2.32. The Morgan fingerprint density at radius 1 is 1.25 bits per heavy atom. The molecule has 0 saturated carbocycles. The fourth-order valence-electron chi connectivity index (χ4n) is 1.50. The number of nitrogens with zero attached hydrogens (tertiary/aromatic N) is 1. The number of hydrogen-bond acceptors (Lipinski definition) is 4. The van der Waals surface area contributed by atoms with Gasteiger partial charge in [0, 0.05) is 20.0 Å². The molecular weight excluding hydrogens is 268 g/mol. The lowest BCUT2D eigenvalue weighted by Gasteiger charge is -2.29. The first-order chi connectivity index (χ1) is 9.16. The third-order valence-corrected chi connectivity index (χ3v) is 2.56. The predicted molar refractivity (Wildman–Crippen MR) is 69.7 cm³/mol. The quantitative estimate of drug-likeness (QED) is 0.450. The molecule has 4 amide bonds. The third kappa shape index (κ3) is 6.03. The number of nitrogens with two attached hydrogens (primary N) is 1. The van der Waals surface area contributed by atoms with Crippen LogP contribution in [-0.4, -0.2) is 59.0 Å². The summed E-state index contributed by atoms with van der Waals surface area (Å²) in [5.74, 6) is -2.07. The zero-order chi connectivity index (χ0) is 15.9. The van der Waals surface area contributed by atoms with Crippen LogP contribution in [-0.2, 0) is 14.4 Å². The van der Waals surface area contributed by atoms with Crippen molar-refractivity contribution in [2.45, 2.75) is 32.9 Å². The summed E-state index contributed by atoms with van der Waals surface area (Å²) in [7, 11) is 0. The summed E-state index contributed by atoms with van der Waals surface area (Å²) in [6.07, 6.45) is 0. The minimum atomic E-state index is -1.19. The Morgan fingerprint density at radius 2 is 1.80 bits per heavy atom. The Morgan fingerprint density at radius 3 is 2.20 bits per heavy atom. The van der Waals surface area contributed by atoms with E-state index in [4.69, 9.17) is 10.8 Å². The van der Waals surface area contributed by atoms with E-state index in [2.05, 4.69) is 10.6 Å². The van der Waals surface area contributed by atoms with Crippen LogP contribution in [0, 0.1) is 0 Å². The molecule has 0 aliphatic rings. The minimum absolute atomic E-state index is 0.0106. The van der Waals surface area contributed by atoms with E-state index in [0.29, 0.717) is 0 Å². The monoisotopic (exact) mass is 288 g/mol. The zero-order valence-electron chi connectivity index (χ0n) is 11.7. The van der Waals surface area contributed by atoms with Gasteiger partial charge in [0.05, 0.1) is 0 Å².